The minimum absolute atomic E-state index is 0.0594. The largest absolute Gasteiger partial charge is 0.481 e. The molecule has 16 nitrogen and oxygen atoms in total. The lowest BCUT2D eigenvalue weighted by Gasteiger charge is -2.73. The summed E-state index contributed by atoms with van der Waals surface area (Å²) in [7, 11) is 0. The number of allylic oxidation sites excluding steroid dienone is 1. The molecule has 5 saturated carbocycles. The summed E-state index contributed by atoms with van der Waals surface area (Å²) in [5, 5.41) is 71.3. The number of aliphatic carboxylic acids is 4. The number of carboxylic acid groups (broad SMARTS) is 4. The Morgan fingerprint density at radius 3 is 1.68 bits per heavy atom. The summed E-state index contributed by atoms with van der Waals surface area (Å²) in [6, 6.07) is 0. The van der Waals surface area contributed by atoms with Crippen molar-refractivity contribution in [3.63, 3.8) is 0 Å². The van der Waals surface area contributed by atoms with Gasteiger partial charge in [0.05, 0.1) is 19.3 Å². The fourth-order valence-electron chi connectivity index (χ4n) is 13.4. The number of fused-ring (bicyclic) bond motifs is 7. The molecule has 15 atom stereocenters. The average Bonchev–Trinajstić information content (AvgIpc) is 3.51. The quantitative estimate of drug-likeness (QED) is 0.116. The molecule has 6 aliphatic rings. The Hall–Kier alpha value is -3.15. The lowest BCUT2D eigenvalue weighted by molar-refractivity contribution is -0.320. The molecule has 1 aliphatic heterocycles. The highest BCUT2D eigenvalue weighted by Gasteiger charge is 2.71. The highest BCUT2D eigenvalue weighted by Crippen LogP contribution is 2.77. The summed E-state index contributed by atoms with van der Waals surface area (Å²) in [6.45, 7) is 25.0. The van der Waals surface area contributed by atoms with E-state index in [0.29, 0.717) is 36.2 Å². The Balaban J connectivity index is 0.000000713. The van der Waals surface area contributed by atoms with Crippen LogP contribution in [0.2, 0.25) is 0 Å². The predicted molar refractivity (Wildman–Crippen MR) is 227 cm³/mol. The van der Waals surface area contributed by atoms with Gasteiger partial charge in [-0.25, -0.2) is 0 Å². The predicted octanol–water partition coefficient (Wildman–Crippen LogP) is 5.76. The summed E-state index contributed by atoms with van der Waals surface area (Å²) in [5.41, 5.74) is 1.64. The van der Waals surface area contributed by atoms with Crippen molar-refractivity contribution >= 4 is 29.8 Å². The van der Waals surface area contributed by atoms with Crippen molar-refractivity contribution in [1.29, 1.82) is 0 Å². The summed E-state index contributed by atoms with van der Waals surface area (Å²) < 4.78 is 17.8. The second-order valence-electron chi connectivity index (χ2n) is 20.1. The van der Waals surface area contributed by atoms with Gasteiger partial charge >= 0.3 is 5.97 Å². The van der Waals surface area contributed by atoms with E-state index in [4.69, 9.17) is 53.8 Å². The molecule has 5 aliphatic carbocycles. The van der Waals surface area contributed by atoms with Crippen LogP contribution in [0.3, 0.4) is 0 Å². The van der Waals surface area contributed by atoms with Crippen molar-refractivity contribution < 1.29 is 79.0 Å². The van der Waals surface area contributed by atoms with E-state index in [1.54, 1.807) is 6.92 Å². The van der Waals surface area contributed by atoms with Gasteiger partial charge < -0.3 is 55.1 Å². The number of carbonyl (C=O) groups excluding carboxylic acids is 1. The molecular formula is C46H78O16. The van der Waals surface area contributed by atoms with E-state index < -0.39 is 61.2 Å². The molecule has 16 heteroatoms. The van der Waals surface area contributed by atoms with E-state index in [2.05, 4.69) is 48.1 Å². The highest BCUT2D eigenvalue weighted by molar-refractivity contribution is 5.66. The van der Waals surface area contributed by atoms with Crippen LogP contribution in [0.25, 0.3) is 0 Å². The number of carboxylic acids is 4. The second-order valence-corrected chi connectivity index (χ2v) is 20.1. The molecule has 8 N–H and O–H groups in total. The Kier molecular flexibility index (Phi) is 19.2. The van der Waals surface area contributed by atoms with Crippen LogP contribution in [0.5, 0.6) is 0 Å². The topological polar surface area (TPSA) is 275 Å². The van der Waals surface area contributed by atoms with E-state index in [1.165, 1.54) is 24.8 Å². The van der Waals surface area contributed by atoms with Gasteiger partial charge in [-0.1, -0.05) is 46.8 Å². The molecule has 358 valence electrons. The van der Waals surface area contributed by atoms with Crippen LogP contribution in [0, 0.1) is 56.7 Å². The molecule has 0 aromatic carbocycles. The summed E-state index contributed by atoms with van der Waals surface area (Å²) in [6.07, 6.45) is 4.68. The molecule has 0 aromatic heterocycles. The molecule has 6 rings (SSSR count). The molecule has 0 bridgehead atoms. The third-order valence-electron chi connectivity index (χ3n) is 15.9. The Morgan fingerprint density at radius 2 is 1.19 bits per heavy atom. The number of hydrogen-bond acceptors (Lipinski definition) is 12. The zero-order valence-electron chi connectivity index (χ0n) is 38.9. The smallest absolute Gasteiger partial charge is 0.302 e. The molecule has 1 unspecified atom stereocenters. The van der Waals surface area contributed by atoms with Gasteiger partial charge in [-0.3, -0.25) is 24.0 Å². The van der Waals surface area contributed by atoms with E-state index in [0.717, 1.165) is 72.6 Å². The lowest BCUT2D eigenvalue weighted by Crippen LogP contribution is -2.67. The minimum atomic E-state index is -1.41. The highest BCUT2D eigenvalue weighted by atomic mass is 16.7. The van der Waals surface area contributed by atoms with Crippen molar-refractivity contribution in [2.24, 2.45) is 56.7 Å². The number of esters is 1. The molecule has 1 saturated heterocycles. The van der Waals surface area contributed by atoms with Crippen LogP contribution in [0.1, 0.15) is 140 Å². The number of aliphatic hydroxyl groups excluding tert-OH is 4. The maximum absolute atomic E-state index is 12.0. The minimum Gasteiger partial charge on any atom is -0.481 e. The van der Waals surface area contributed by atoms with E-state index >= 15 is 0 Å². The van der Waals surface area contributed by atoms with Crippen LogP contribution in [0.15, 0.2) is 12.2 Å². The van der Waals surface area contributed by atoms with Gasteiger partial charge in [0.25, 0.3) is 23.9 Å². The number of carbonyl (C=O) groups is 5. The van der Waals surface area contributed by atoms with Gasteiger partial charge in [0, 0.05) is 40.0 Å². The summed E-state index contributed by atoms with van der Waals surface area (Å²) >= 11 is 0. The fourth-order valence-corrected chi connectivity index (χ4v) is 13.4. The normalized spacial score (nSPS) is 40.9. The molecule has 1 heterocycles. The molecule has 0 spiro atoms. The molecule has 0 radical (unpaired) electrons. The number of ether oxygens (including phenoxy) is 3. The fraction of sp³-hybridized carbons (Fsp3) is 0.848. The standard InChI is InChI=1S/C38H62O8.4C2H4O2/c1-21(2)23-11-16-38(20-44-22(3)40)18-17-36(7)24(29(23)38)9-10-27-35(6)14-13-28(34(4,5)26(35)12-15-37(27,36)8)46-32-31(42)30(41)25(19-39)45-33(32)43;4*1-2(3)4/h23-33,39,41-43H,1,9-20H2,2-8H3;4*1H3,(H,3,4)/t23-,24+,25+,26-,27+,28?,29+,30-,31-,32+,33-,35-,36+,37+,38+;;;;/m0..../s1. The maximum Gasteiger partial charge on any atom is 0.302 e. The van der Waals surface area contributed by atoms with Crippen LogP contribution >= 0.6 is 0 Å². The van der Waals surface area contributed by atoms with Crippen molar-refractivity contribution in [3.05, 3.63) is 12.2 Å². The molecular weight excluding hydrogens is 808 g/mol. The molecule has 62 heavy (non-hydrogen) atoms. The Morgan fingerprint density at radius 1 is 0.661 bits per heavy atom. The lowest BCUT2D eigenvalue weighted by atomic mass is 9.32. The van der Waals surface area contributed by atoms with Crippen LogP contribution in [-0.4, -0.2) is 121 Å². The van der Waals surface area contributed by atoms with Crippen molar-refractivity contribution in [3.8, 4) is 0 Å². The van der Waals surface area contributed by atoms with Crippen molar-refractivity contribution in [2.45, 2.75) is 177 Å². The first-order valence-electron chi connectivity index (χ1n) is 21.9. The van der Waals surface area contributed by atoms with E-state index in [1.807, 2.05) is 0 Å². The molecule has 6 fully saturated rings. The van der Waals surface area contributed by atoms with Gasteiger partial charge in [0.2, 0.25) is 0 Å². The van der Waals surface area contributed by atoms with Crippen LogP contribution < -0.4 is 0 Å². The zero-order chi connectivity index (χ0) is 47.9. The average molecular weight is 887 g/mol. The maximum atomic E-state index is 12.0. The number of aliphatic hydroxyl groups is 4. The Labute approximate surface area is 367 Å². The second kappa shape index (κ2) is 21.7. The zero-order valence-corrected chi connectivity index (χ0v) is 38.9. The van der Waals surface area contributed by atoms with Gasteiger partial charge in [0.1, 0.15) is 24.4 Å². The third kappa shape index (κ3) is 11.9. The van der Waals surface area contributed by atoms with E-state index in [9.17, 15) is 25.2 Å². The van der Waals surface area contributed by atoms with Gasteiger partial charge in [-0.2, -0.15) is 0 Å². The number of rotatable bonds is 6. The third-order valence-corrected chi connectivity index (χ3v) is 15.9. The first kappa shape index (κ1) is 55.0. The van der Waals surface area contributed by atoms with E-state index in [-0.39, 0.29) is 39.1 Å². The van der Waals surface area contributed by atoms with Gasteiger partial charge in [0.15, 0.2) is 6.29 Å². The number of hydrogen-bond donors (Lipinski definition) is 8. The summed E-state index contributed by atoms with van der Waals surface area (Å²) in [4.78, 5) is 48.0. The first-order valence-corrected chi connectivity index (χ1v) is 21.9. The SMILES string of the molecule is C=C(C)[C@@H]1CC[C@]2(COC(C)=O)CC[C@]3(C)[C@H](CC[C@@H]4[C@@]5(C)CCC(O[C@@H]6[C@@H](O)[C@@H](O)[C@@H](CO)O[C@@H]6O)C(C)(C)[C@@H]5CC[C@]43C)[C@@H]12.CC(=O)O.CC(=O)O.CC(=O)O.CC(=O)O. The molecule has 0 amide bonds. The van der Waals surface area contributed by atoms with Gasteiger partial charge in [-0.05, 0) is 122 Å². The van der Waals surface area contributed by atoms with Crippen molar-refractivity contribution in [1.82, 2.24) is 0 Å². The van der Waals surface area contributed by atoms with Gasteiger partial charge in [-0.15, -0.1) is 0 Å². The summed E-state index contributed by atoms with van der Waals surface area (Å²) in [5.74, 6) is -0.949. The van der Waals surface area contributed by atoms with Crippen molar-refractivity contribution in [2.75, 3.05) is 13.2 Å². The monoisotopic (exact) mass is 887 g/mol. The molecule has 0 aromatic rings. The van der Waals surface area contributed by atoms with Crippen LogP contribution in [-0.2, 0) is 38.2 Å². The van der Waals surface area contributed by atoms with Crippen LogP contribution in [0.4, 0.5) is 0 Å². The first-order chi connectivity index (χ1) is 28.4. The Bertz CT molecular complexity index is 1520.